The van der Waals surface area contributed by atoms with E-state index in [1.165, 1.54) is 6.26 Å². The largest absolute Gasteiger partial charge is 0.459 e. The van der Waals surface area contributed by atoms with Gasteiger partial charge in [0.25, 0.3) is 5.91 Å². The number of methoxy groups -OCH3 is 1. The molecule has 2 aliphatic rings. The van der Waals surface area contributed by atoms with Crippen LogP contribution in [0.1, 0.15) is 23.4 Å². The maximum Gasteiger partial charge on any atom is 0.287 e. The topological polar surface area (TPSA) is 104 Å². The number of amides is 1. The predicted molar refractivity (Wildman–Crippen MR) is 95.4 cm³/mol. The van der Waals surface area contributed by atoms with Crippen molar-refractivity contribution in [2.75, 3.05) is 33.4 Å². The Labute approximate surface area is 158 Å². The molecular weight excluding hydrogens is 364 g/mol. The van der Waals surface area contributed by atoms with E-state index < -0.39 is 18.3 Å². The third-order valence-corrected chi connectivity index (χ3v) is 5.01. The molecule has 0 spiro atoms. The number of carbonyl (C=O) groups excluding carboxylic acids is 1. The molecule has 9 heteroatoms. The molecule has 1 amide bonds. The minimum atomic E-state index is -0.812. The molecule has 0 saturated carbocycles. The lowest BCUT2D eigenvalue weighted by Gasteiger charge is -2.34. The van der Waals surface area contributed by atoms with Crippen molar-refractivity contribution in [3.05, 3.63) is 24.2 Å². The number of likely N-dealkylation sites (tertiary alicyclic amines) is 1. The van der Waals surface area contributed by atoms with Crippen molar-refractivity contribution in [1.29, 1.82) is 0 Å². The van der Waals surface area contributed by atoms with Crippen molar-refractivity contribution < 1.29 is 28.9 Å². The van der Waals surface area contributed by atoms with Crippen LogP contribution in [-0.4, -0.2) is 84.8 Å². The first-order valence-corrected chi connectivity index (χ1v) is 8.66. The van der Waals surface area contributed by atoms with Gasteiger partial charge in [0.1, 0.15) is 12.2 Å². The Bertz CT molecular complexity index is 557. The number of nitrogens with zero attached hydrogens (tertiary/aromatic N) is 1. The van der Waals surface area contributed by atoms with Crippen LogP contribution in [0.15, 0.2) is 22.8 Å². The van der Waals surface area contributed by atoms with E-state index in [4.69, 9.17) is 13.9 Å². The van der Waals surface area contributed by atoms with Gasteiger partial charge >= 0.3 is 0 Å². The Morgan fingerprint density at radius 1 is 1.46 bits per heavy atom. The van der Waals surface area contributed by atoms with Crippen LogP contribution in [-0.2, 0) is 9.47 Å². The summed E-state index contributed by atoms with van der Waals surface area (Å²) in [7, 11) is 1.66. The van der Waals surface area contributed by atoms with Crippen molar-refractivity contribution >= 4 is 18.3 Å². The first-order valence-electron chi connectivity index (χ1n) is 8.66. The molecule has 0 radical (unpaired) electrons. The third-order valence-electron chi connectivity index (χ3n) is 5.01. The summed E-state index contributed by atoms with van der Waals surface area (Å²) in [6.45, 7) is 1.38. The van der Waals surface area contributed by atoms with E-state index in [1.807, 2.05) is 0 Å². The molecule has 8 nitrogen and oxygen atoms in total. The van der Waals surface area contributed by atoms with Gasteiger partial charge in [-0.15, -0.1) is 12.4 Å². The Hall–Kier alpha value is -1.16. The fourth-order valence-electron chi connectivity index (χ4n) is 3.86. The Morgan fingerprint density at radius 3 is 2.92 bits per heavy atom. The zero-order chi connectivity index (χ0) is 17.8. The van der Waals surface area contributed by atoms with E-state index in [2.05, 4.69) is 10.2 Å². The second-order valence-electron chi connectivity index (χ2n) is 6.55. The highest BCUT2D eigenvalue weighted by molar-refractivity contribution is 5.91. The van der Waals surface area contributed by atoms with Crippen LogP contribution in [0.5, 0.6) is 0 Å². The summed E-state index contributed by atoms with van der Waals surface area (Å²) in [5.41, 5.74) is 0. The molecule has 0 aromatic carbocycles. The Balaban J connectivity index is 0.00000243. The van der Waals surface area contributed by atoms with Gasteiger partial charge in [0.05, 0.1) is 31.6 Å². The van der Waals surface area contributed by atoms with Crippen LogP contribution < -0.4 is 5.32 Å². The Morgan fingerprint density at radius 2 is 2.27 bits per heavy atom. The molecule has 148 valence electrons. The van der Waals surface area contributed by atoms with Gasteiger partial charge in [0.2, 0.25) is 0 Å². The van der Waals surface area contributed by atoms with E-state index in [0.717, 1.165) is 19.4 Å². The van der Waals surface area contributed by atoms with E-state index >= 15 is 0 Å². The first kappa shape index (κ1) is 21.1. The molecule has 0 unspecified atom stereocenters. The fourth-order valence-corrected chi connectivity index (χ4v) is 3.86. The smallest absolute Gasteiger partial charge is 0.287 e. The Kier molecular flexibility index (Phi) is 7.87. The normalized spacial score (nSPS) is 31.7. The number of rotatable bonds is 7. The number of carbonyl (C=O) groups is 1. The zero-order valence-electron chi connectivity index (χ0n) is 14.7. The van der Waals surface area contributed by atoms with Crippen LogP contribution in [0, 0.1) is 0 Å². The van der Waals surface area contributed by atoms with E-state index in [9.17, 15) is 15.0 Å². The zero-order valence-corrected chi connectivity index (χ0v) is 15.6. The summed E-state index contributed by atoms with van der Waals surface area (Å²) in [5, 5.41) is 22.9. The molecule has 2 saturated heterocycles. The first-order chi connectivity index (χ1) is 12.2. The lowest BCUT2D eigenvalue weighted by Crippen LogP contribution is -2.53. The molecule has 26 heavy (non-hydrogen) atoms. The van der Waals surface area contributed by atoms with Crippen LogP contribution in [0.2, 0.25) is 0 Å². The summed E-state index contributed by atoms with van der Waals surface area (Å²) in [5.74, 6) is -0.101. The number of hydrogen-bond donors (Lipinski definition) is 3. The van der Waals surface area contributed by atoms with Crippen LogP contribution in [0.3, 0.4) is 0 Å². The van der Waals surface area contributed by atoms with Gasteiger partial charge in [0, 0.05) is 19.7 Å². The standard InChI is InChI=1S/C17H26N2O6.ClH/c1-23-10-11-4-2-6-19(11)15-13(25-14(9-20)16(15)21)8-18-17(22)12-5-3-7-24-12;/h3,5,7,11,13-16,20-21H,2,4,6,8-10H2,1H3,(H,18,22);1H/t11-,13-,14+,15+,16-;/m1./s1. The highest BCUT2D eigenvalue weighted by Crippen LogP contribution is 2.31. The number of aliphatic hydroxyl groups excluding tert-OH is 2. The molecule has 2 fully saturated rings. The molecule has 2 aliphatic heterocycles. The molecule has 3 N–H and O–H groups in total. The molecule has 0 bridgehead atoms. The number of nitrogens with one attached hydrogen (secondary N) is 1. The highest BCUT2D eigenvalue weighted by atomic mass is 35.5. The molecule has 0 aliphatic carbocycles. The summed E-state index contributed by atoms with van der Waals surface area (Å²) < 4.78 is 16.2. The van der Waals surface area contributed by atoms with Crippen molar-refractivity contribution in [2.45, 2.75) is 43.2 Å². The van der Waals surface area contributed by atoms with Gasteiger partial charge in [0.15, 0.2) is 5.76 Å². The van der Waals surface area contributed by atoms with E-state index in [-0.39, 0.29) is 49.3 Å². The van der Waals surface area contributed by atoms with Crippen LogP contribution in [0.4, 0.5) is 0 Å². The van der Waals surface area contributed by atoms with Crippen molar-refractivity contribution in [3.8, 4) is 0 Å². The van der Waals surface area contributed by atoms with Crippen LogP contribution >= 0.6 is 12.4 Å². The maximum absolute atomic E-state index is 12.1. The van der Waals surface area contributed by atoms with Crippen LogP contribution in [0.25, 0.3) is 0 Å². The number of halogens is 1. The molecule has 5 atom stereocenters. The minimum absolute atomic E-state index is 0. The van der Waals surface area contributed by atoms with Gasteiger partial charge in [-0.3, -0.25) is 9.69 Å². The molecule has 3 heterocycles. The molecule has 1 aromatic heterocycles. The highest BCUT2D eigenvalue weighted by Gasteiger charge is 2.48. The van der Waals surface area contributed by atoms with E-state index in [0.29, 0.717) is 6.61 Å². The van der Waals surface area contributed by atoms with Crippen molar-refractivity contribution in [3.63, 3.8) is 0 Å². The van der Waals surface area contributed by atoms with Crippen molar-refractivity contribution in [2.24, 2.45) is 0 Å². The summed E-state index contributed by atoms with van der Waals surface area (Å²) in [4.78, 5) is 14.3. The SMILES string of the molecule is COC[C@H]1CCCN1[C@@H]1[C@H](O)[C@H](CO)O[C@@H]1CNC(=O)c1ccco1.Cl. The fraction of sp³-hybridized carbons (Fsp3) is 0.706. The van der Waals surface area contributed by atoms with Gasteiger partial charge in [-0.25, -0.2) is 0 Å². The number of ether oxygens (including phenoxy) is 2. The van der Waals surface area contributed by atoms with Gasteiger partial charge < -0.3 is 29.4 Å². The quantitative estimate of drug-likeness (QED) is 0.603. The number of hydrogen-bond acceptors (Lipinski definition) is 7. The molecular formula is C17H27ClN2O6. The second kappa shape index (κ2) is 9.68. The number of aliphatic hydroxyl groups is 2. The average Bonchev–Trinajstić information content (AvgIpc) is 3.33. The monoisotopic (exact) mass is 390 g/mol. The second-order valence-corrected chi connectivity index (χ2v) is 6.55. The summed E-state index contributed by atoms with van der Waals surface area (Å²) in [6, 6.07) is 3.14. The third kappa shape index (κ3) is 4.39. The summed E-state index contributed by atoms with van der Waals surface area (Å²) in [6.07, 6.45) is 1.57. The van der Waals surface area contributed by atoms with E-state index in [1.54, 1.807) is 19.2 Å². The predicted octanol–water partition coefficient (Wildman–Crippen LogP) is 0.0312. The average molecular weight is 391 g/mol. The van der Waals surface area contributed by atoms with Gasteiger partial charge in [-0.05, 0) is 31.5 Å². The van der Waals surface area contributed by atoms with Gasteiger partial charge in [-0.2, -0.15) is 0 Å². The maximum atomic E-state index is 12.1. The summed E-state index contributed by atoms with van der Waals surface area (Å²) >= 11 is 0. The van der Waals surface area contributed by atoms with Gasteiger partial charge in [-0.1, -0.05) is 0 Å². The number of furan rings is 1. The van der Waals surface area contributed by atoms with Crippen molar-refractivity contribution in [1.82, 2.24) is 10.2 Å². The molecule has 1 aromatic rings. The lowest BCUT2D eigenvalue weighted by atomic mass is 10.0. The minimum Gasteiger partial charge on any atom is -0.459 e. The molecule has 3 rings (SSSR count). The lowest BCUT2D eigenvalue weighted by molar-refractivity contribution is -0.0209.